The summed E-state index contributed by atoms with van der Waals surface area (Å²) >= 11 is 0. The number of ether oxygens (including phenoxy) is 2. The standard InChI is InChI=1S/C17H24N2O5/c1-23-9-10-24-15-6-4-13(5-7-15)11-18-17(22)19-8-2-3-14(12-19)16(20)21/h4-7,14H,2-3,8-12H2,1H3,(H,18,22)(H,20,21). The molecule has 7 nitrogen and oxygen atoms in total. The van der Waals surface area contributed by atoms with Gasteiger partial charge in [0.05, 0.1) is 12.5 Å². The lowest BCUT2D eigenvalue weighted by atomic mass is 9.99. The number of aliphatic carboxylic acids is 1. The number of likely N-dealkylation sites (tertiary alicyclic amines) is 1. The molecule has 1 unspecified atom stereocenters. The molecule has 2 N–H and O–H groups in total. The number of carbonyl (C=O) groups excluding carboxylic acids is 1. The smallest absolute Gasteiger partial charge is 0.317 e. The highest BCUT2D eigenvalue weighted by atomic mass is 16.5. The molecule has 0 saturated carbocycles. The van der Waals surface area contributed by atoms with Crippen molar-refractivity contribution in [2.45, 2.75) is 19.4 Å². The Balaban J connectivity index is 1.78. The quantitative estimate of drug-likeness (QED) is 0.740. The van der Waals surface area contributed by atoms with Gasteiger partial charge < -0.3 is 24.8 Å². The molecule has 2 amide bonds. The van der Waals surface area contributed by atoms with Crippen LogP contribution in [0.3, 0.4) is 0 Å². The van der Waals surface area contributed by atoms with Crippen LogP contribution in [0.15, 0.2) is 24.3 Å². The number of carboxylic acids is 1. The van der Waals surface area contributed by atoms with Gasteiger partial charge in [-0.1, -0.05) is 12.1 Å². The molecule has 0 spiro atoms. The highest BCUT2D eigenvalue weighted by molar-refractivity contribution is 5.76. The maximum Gasteiger partial charge on any atom is 0.317 e. The van der Waals surface area contributed by atoms with Crippen molar-refractivity contribution in [1.29, 1.82) is 0 Å². The molecule has 1 aliphatic rings. The van der Waals surface area contributed by atoms with Gasteiger partial charge in [-0.3, -0.25) is 4.79 Å². The fourth-order valence-corrected chi connectivity index (χ4v) is 2.60. The van der Waals surface area contributed by atoms with E-state index in [2.05, 4.69) is 5.32 Å². The fraction of sp³-hybridized carbons (Fsp3) is 0.529. The Hall–Kier alpha value is -2.28. The third-order valence-corrected chi connectivity index (χ3v) is 3.98. The van der Waals surface area contributed by atoms with E-state index in [4.69, 9.17) is 14.6 Å². The van der Waals surface area contributed by atoms with Crippen LogP contribution in [0.2, 0.25) is 0 Å². The first-order valence-corrected chi connectivity index (χ1v) is 8.06. The third-order valence-electron chi connectivity index (χ3n) is 3.98. The Morgan fingerprint density at radius 1 is 1.29 bits per heavy atom. The maximum absolute atomic E-state index is 12.2. The monoisotopic (exact) mass is 336 g/mol. The molecule has 1 aliphatic heterocycles. The van der Waals surface area contributed by atoms with Crippen molar-refractivity contribution in [1.82, 2.24) is 10.2 Å². The van der Waals surface area contributed by atoms with Gasteiger partial charge in [-0.25, -0.2) is 4.79 Å². The average molecular weight is 336 g/mol. The number of benzene rings is 1. The van der Waals surface area contributed by atoms with Crippen molar-refractivity contribution in [2.24, 2.45) is 5.92 Å². The zero-order valence-corrected chi connectivity index (χ0v) is 13.9. The number of urea groups is 1. The van der Waals surface area contributed by atoms with Crippen LogP contribution in [-0.4, -0.2) is 55.4 Å². The second-order valence-corrected chi connectivity index (χ2v) is 5.77. The topological polar surface area (TPSA) is 88.1 Å². The molecular weight excluding hydrogens is 312 g/mol. The van der Waals surface area contributed by atoms with E-state index in [1.807, 2.05) is 24.3 Å². The molecule has 24 heavy (non-hydrogen) atoms. The largest absolute Gasteiger partial charge is 0.491 e. The molecule has 0 aromatic heterocycles. The molecule has 132 valence electrons. The molecule has 2 rings (SSSR count). The zero-order chi connectivity index (χ0) is 17.4. The molecular formula is C17H24N2O5. The lowest BCUT2D eigenvalue weighted by Crippen LogP contribution is -2.46. The fourth-order valence-electron chi connectivity index (χ4n) is 2.60. The van der Waals surface area contributed by atoms with Crippen molar-refractivity contribution < 1.29 is 24.2 Å². The summed E-state index contributed by atoms with van der Waals surface area (Å²) in [7, 11) is 1.62. The van der Waals surface area contributed by atoms with E-state index in [0.29, 0.717) is 32.7 Å². The predicted molar refractivity (Wildman–Crippen MR) is 88.0 cm³/mol. The molecule has 0 radical (unpaired) electrons. The molecule has 1 aromatic carbocycles. The van der Waals surface area contributed by atoms with Gasteiger partial charge in [0.1, 0.15) is 12.4 Å². The van der Waals surface area contributed by atoms with E-state index in [1.165, 1.54) is 0 Å². The zero-order valence-electron chi connectivity index (χ0n) is 13.9. The van der Waals surface area contributed by atoms with E-state index in [1.54, 1.807) is 12.0 Å². The molecule has 7 heteroatoms. The summed E-state index contributed by atoms with van der Waals surface area (Å²) in [5.74, 6) is -0.549. The molecule has 0 aliphatic carbocycles. The lowest BCUT2D eigenvalue weighted by molar-refractivity contribution is -0.143. The van der Waals surface area contributed by atoms with Crippen LogP contribution in [0.25, 0.3) is 0 Å². The number of hydrogen-bond acceptors (Lipinski definition) is 4. The summed E-state index contributed by atoms with van der Waals surface area (Å²) in [5.41, 5.74) is 0.953. The van der Waals surface area contributed by atoms with Gasteiger partial charge in [-0.2, -0.15) is 0 Å². The number of amides is 2. The van der Waals surface area contributed by atoms with Gasteiger partial charge >= 0.3 is 12.0 Å². The predicted octanol–water partition coefficient (Wildman–Crippen LogP) is 1.72. The second-order valence-electron chi connectivity index (χ2n) is 5.77. The lowest BCUT2D eigenvalue weighted by Gasteiger charge is -2.30. The van der Waals surface area contributed by atoms with Gasteiger partial charge in [0.2, 0.25) is 0 Å². The SMILES string of the molecule is COCCOc1ccc(CNC(=O)N2CCCC(C(=O)O)C2)cc1. The number of nitrogens with zero attached hydrogens (tertiary/aromatic N) is 1. The Morgan fingerprint density at radius 2 is 2.04 bits per heavy atom. The minimum absolute atomic E-state index is 0.221. The van der Waals surface area contributed by atoms with Crippen molar-refractivity contribution in [3.63, 3.8) is 0 Å². The van der Waals surface area contributed by atoms with Gasteiger partial charge in [0, 0.05) is 26.7 Å². The highest BCUT2D eigenvalue weighted by Gasteiger charge is 2.27. The molecule has 1 heterocycles. The third kappa shape index (κ3) is 5.42. The van der Waals surface area contributed by atoms with Gasteiger partial charge in [-0.15, -0.1) is 0 Å². The first kappa shape index (κ1) is 18.1. The van der Waals surface area contributed by atoms with E-state index in [9.17, 15) is 9.59 Å². The number of piperidine rings is 1. The normalized spacial score (nSPS) is 17.4. The minimum atomic E-state index is -0.837. The van der Waals surface area contributed by atoms with Crippen LogP contribution in [-0.2, 0) is 16.1 Å². The highest BCUT2D eigenvalue weighted by Crippen LogP contribution is 2.17. The molecule has 1 fully saturated rings. The Kier molecular flexibility index (Phi) is 6.87. The van der Waals surface area contributed by atoms with Gasteiger partial charge in [-0.05, 0) is 30.5 Å². The molecule has 1 saturated heterocycles. The van der Waals surface area contributed by atoms with E-state index < -0.39 is 11.9 Å². The van der Waals surface area contributed by atoms with E-state index >= 15 is 0 Å². The summed E-state index contributed by atoms with van der Waals surface area (Å²) in [4.78, 5) is 24.8. The van der Waals surface area contributed by atoms with Crippen molar-refractivity contribution in [2.75, 3.05) is 33.4 Å². The first-order valence-electron chi connectivity index (χ1n) is 8.06. The van der Waals surface area contributed by atoms with Crippen LogP contribution in [0.5, 0.6) is 5.75 Å². The van der Waals surface area contributed by atoms with Gasteiger partial charge in [0.15, 0.2) is 0 Å². The summed E-state index contributed by atoms with van der Waals surface area (Å²) in [6.45, 7) is 2.29. The molecule has 1 atom stereocenters. The number of methoxy groups -OCH3 is 1. The summed E-state index contributed by atoms with van der Waals surface area (Å²) in [6, 6.07) is 7.25. The van der Waals surface area contributed by atoms with Crippen LogP contribution < -0.4 is 10.1 Å². The van der Waals surface area contributed by atoms with Crippen molar-refractivity contribution >= 4 is 12.0 Å². The number of nitrogens with one attached hydrogen (secondary N) is 1. The first-order chi connectivity index (χ1) is 11.6. The number of hydrogen-bond donors (Lipinski definition) is 2. The van der Waals surface area contributed by atoms with Crippen LogP contribution in [0.4, 0.5) is 4.79 Å². The summed E-state index contributed by atoms with van der Waals surface area (Å²) in [5, 5.41) is 11.9. The minimum Gasteiger partial charge on any atom is -0.491 e. The number of rotatable bonds is 7. The van der Waals surface area contributed by atoms with Gasteiger partial charge in [0.25, 0.3) is 0 Å². The second kappa shape index (κ2) is 9.12. The molecule has 1 aromatic rings. The number of carbonyl (C=O) groups is 2. The molecule has 0 bridgehead atoms. The van der Waals surface area contributed by atoms with Crippen molar-refractivity contribution in [3.8, 4) is 5.75 Å². The number of carboxylic acid groups (broad SMARTS) is 1. The van der Waals surface area contributed by atoms with E-state index in [0.717, 1.165) is 17.7 Å². The van der Waals surface area contributed by atoms with Crippen molar-refractivity contribution in [3.05, 3.63) is 29.8 Å². The van der Waals surface area contributed by atoms with Crippen LogP contribution >= 0.6 is 0 Å². The Morgan fingerprint density at radius 3 is 2.71 bits per heavy atom. The average Bonchev–Trinajstić information content (AvgIpc) is 2.61. The van der Waals surface area contributed by atoms with E-state index in [-0.39, 0.29) is 12.6 Å². The van der Waals surface area contributed by atoms with Crippen LogP contribution in [0.1, 0.15) is 18.4 Å². The van der Waals surface area contributed by atoms with Crippen LogP contribution in [0, 0.1) is 5.92 Å². The Bertz CT molecular complexity index is 546. The summed E-state index contributed by atoms with van der Waals surface area (Å²) < 4.78 is 10.4. The maximum atomic E-state index is 12.2. The Labute approximate surface area is 141 Å². The summed E-state index contributed by atoms with van der Waals surface area (Å²) in [6.07, 6.45) is 1.35.